The van der Waals surface area contributed by atoms with E-state index in [1.807, 2.05) is 0 Å². The Kier molecular flexibility index (Phi) is 2.82. The van der Waals surface area contributed by atoms with Crippen LogP contribution in [-0.2, 0) is 6.54 Å². The van der Waals surface area contributed by atoms with Crippen molar-refractivity contribution in [3.05, 3.63) is 11.9 Å². The number of anilines is 1. The van der Waals surface area contributed by atoms with Crippen LogP contribution in [-0.4, -0.2) is 40.1 Å². The van der Waals surface area contributed by atoms with Crippen molar-refractivity contribution >= 4 is 5.95 Å². The predicted molar refractivity (Wildman–Crippen MR) is 69.3 cm³/mol. The van der Waals surface area contributed by atoms with Crippen LogP contribution in [0.3, 0.4) is 0 Å². The Morgan fingerprint density at radius 1 is 1.41 bits per heavy atom. The van der Waals surface area contributed by atoms with Gasteiger partial charge in [-0.15, -0.1) is 0 Å². The second-order valence-electron chi connectivity index (χ2n) is 5.53. The van der Waals surface area contributed by atoms with E-state index in [-0.39, 0.29) is 0 Å². The van der Waals surface area contributed by atoms with E-state index in [2.05, 4.69) is 39.9 Å². The Morgan fingerprint density at radius 3 is 2.82 bits per heavy atom. The topological polar surface area (TPSA) is 33.1 Å². The molecule has 1 aromatic heterocycles. The van der Waals surface area contributed by atoms with Gasteiger partial charge in [0.15, 0.2) is 0 Å². The smallest absolute Gasteiger partial charge is 0.203 e. The molecule has 0 radical (unpaired) electrons. The minimum absolute atomic E-state index is 0.678. The third-order valence-electron chi connectivity index (χ3n) is 3.67. The highest BCUT2D eigenvalue weighted by molar-refractivity contribution is 5.32. The molecule has 0 atom stereocenters. The van der Waals surface area contributed by atoms with Gasteiger partial charge in [0.25, 0.3) is 0 Å². The van der Waals surface area contributed by atoms with E-state index in [0.29, 0.717) is 6.04 Å². The Hall–Kier alpha value is -1.03. The van der Waals surface area contributed by atoms with Gasteiger partial charge in [-0.05, 0) is 39.7 Å². The van der Waals surface area contributed by atoms with Crippen molar-refractivity contribution in [1.82, 2.24) is 14.5 Å². The second-order valence-corrected chi connectivity index (χ2v) is 5.53. The number of aromatic nitrogens is 2. The molecular weight excluding hydrogens is 212 g/mol. The lowest BCUT2D eigenvalue weighted by atomic mass is 10.5. The fraction of sp³-hybridized carbons (Fsp3) is 0.769. The summed E-state index contributed by atoms with van der Waals surface area (Å²) in [7, 11) is 2.23. The Morgan fingerprint density at radius 2 is 2.18 bits per heavy atom. The van der Waals surface area contributed by atoms with E-state index in [1.54, 1.807) is 0 Å². The van der Waals surface area contributed by atoms with Crippen LogP contribution >= 0.6 is 0 Å². The molecule has 2 aliphatic carbocycles. The molecule has 0 aliphatic heterocycles. The van der Waals surface area contributed by atoms with Gasteiger partial charge in [0.1, 0.15) is 0 Å². The van der Waals surface area contributed by atoms with Crippen molar-refractivity contribution in [3.63, 3.8) is 0 Å². The summed E-state index contributed by atoms with van der Waals surface area (Å²) in [6.07, 6.45) is 7.52. The molecular formula is C13H22N4. The molecule has 4 nitrogen and oxygen atoms in total. The zero-order chi connectivity index (χ0) is 11.8. The summed E-state index contributed by atoms with van der Waals surface area (Å²) < 4.78 is 2.27. The monoisotopic (exact) mass is 234 g/mol. The highest BCUT2D eigenvalue weighted by Gasteiger charge is 2.26. The molecule has 17 heavy (non-hydrogen) atoms. The van der Waals surface area contributed by atoms with Gasteiger partial charge in [0, 0.05) is 31.4 Å². The van der Waals surface area contributed by atoms with Crippen LogP contribution in [0.25, 0.3) is 0 Å². The minimum atomic E-state index is 0.678. The molecule has 1 N–H and O–H groups in total. The number of hydrogen-bond donors (Lipinski definition) is 1. The predicted octanol–water partition coefficient (Wildman–Crippen LogP) is 1.86. The molecule has 2 saturated carbocycles. The molecule has 0 aromatic carbocycles. The van der Waals surface area contributed by atoms with Crippen LogP contribution in [0.4, 0.5) is 5.95 Å². The summed E-state index contributed by atoms with van der Waals surface area (Å²) in [4.78, 5) is 7.03. The molecule has 3 rings (SSSR count). The second kappa shape index (κ2) is 4.33. The third-order valence-corrected chi connectivity index (χ3v) is 3.67. The van der Waals surface area contributed by atoms with E-state index in [4.69, 9.17) is 0 Å². The van der Waals surface area contributed by atoms with E-state index >= 15 is 0 Å². The van der Waals surface area contributed by atoms with Crippen molar-refractivity contribution in [2.24, 2.45) is 0 Å². The zero-order valence-corrected chi connectivity index (χ0v) is 10.8. The van der Waals surface area contributed by atoms with Crippen molar-refractivity contribution in [2.75, 3.05) is 18.9 Å². The minimum Gasteiger partial charge on any atom is -0.353 e. The SMILES string of the molecule is Cc1cn(CCN(C)C2CC2)c(NC2CC2)n1. The Labute approximate surface area is 103 Å². The number of nitrogens with zero attached hydrogens (tertiary/aromatic N) is 3. The highest BCUT2D eigenvalue weighted by Crippen LogP contribution is 2.26. The molecule has 2 aliphatic rings. The first-order valence-corrected chi connectivity index (χ1v) is 6.73. The standard InChI is InChI=1S/C13H22N4/c1-10-9-17(8-7-16(2)12-5-6-12)13(14-10)15-11-3-4-11/h9,11-12H,3-8H2,1-2H3,(H,14,15). The lowest BCUT2D eigenvalue weighted by Crippen LogP contribution is -2.25. The Bertz CT molecular complexity index is 390. The lowest BCUT2D eigenvalue weighted by molar-refractivity contribution is 0.310. The largest absolute Gasteiger partial charge is 0.353 e. The number of nitrogens with one attached hydrogen (secondary N) is 1. The Balaban J connectivity index is 1.59. The molecule has 0 saturated heterocycles. The maximum absolute atomic E-state index is 4.56. The molecule has 0 amide bonds. The lowest BCUT2D eigenvalue weighted by Gasteiger charge is -2.17. The molecule has 1 heterocycles. The fourth-order valence-electron chi connectivity index (χ4n) is 2.21. The summed E-state index contributed by atoms with van der Waals surface area (Å²) in [5.41, 5.74) is 1.11. The molecule has 0 bridgehead atoms. The number of hydrogen-bond acceptors (Lipinski definition) is 3. The van der Waals surface area contributed by atoms with E-state index in [1.165, 1.54) is 25.7 Å². The average molecular weight is 234 g/mol. The highest BCUT2D eigenvalue weighted by atomic mass is 15.2. The summed E-state index contributed by atoms with van der Waals surface area (Å²) in [5.74, 6) is 1.06. The van der Waals surface area contributed by atoms with Crippen LogP contribution in [0.2, 0.25) is 0 Å². The van der Waals surface area contributed by atoms with Crippen LogP contribution in [0.5, 0.6) is 0 Å². The molecule has 1 aromatic rings. The van der Waals surface area contributed by atoms with Crippen LogP contribution in [0.15, 0.2) is 6.20 Å². The fourth-order valence-corrected chi connectivity index (χ4v) is 2.21. The third kappa shape index (κ3) is 2.80. The molecule has 0 unspecified atom stereocenters. The van der Waals surface area contributed by atoms with Crippen molar-refractivity contribution in [2.45, 2.75) is 51.2 Å². The van der Waals surface area contributed by atoms with E-state index < -0.39 is 0 Å². The summed E-state index contributed by atoms with van der Waals surface area (Å²) in [6.45, 7) is 4.24. The zero-order valence-electron chi connectivity index (χ0n) is 10.8. The van der Waals surface area contributed by atoms with Crippen molar-refractivity contribution < 1.29 is 0 Å². The summed E-state index contributed by atoms with van der Waals surface area (Å²) >= 11 is 0. The van der Waals surface area contributed by atoms with Gasteiger partial charge >= 0.3 is 0 Å². The van der Waals surface area contributed by atoms with Gasteiger partial charge in [-0.2, -0.15) is 0 Å². The first-order chi connectivity index (χ1) is 8.22. The van der Waals surface area contributed by atoms with Crippen LogP contribution < -0.4 is 5.32 Å². The van der Waals surface area contributed by atoms with Crippen molar-refractivity contribution in [1.29, 1.82) is 0 Å². The molecule has 0 spiro atoms. The van der Waals surface area contributed by atoms with E-state index in [9.17, 15) is 0 Å². The normalized spacial score (nSPS) is 19.9. The maximum atomic E-state index is 4.56. The first kappa shape index (κ1) is 11.1. The first-order valence-electron chi connectivity index (χ1n) is 6.73. The number of rotatable bonds is 6. The van der Waals surface area contributed by atoms with Gasteiger partial charge in [-0.1, -0.05) is 0 Å². The maximum Gasteiger partial charge on any atom is 0.203 e. The van der Waals surface area contributed by atoms with Crippen molar-refractivity contribution in [3.8, 4) is 0 Å². The van der Waals surface area contributed by atoms with Gasteiger partial charge in [0.2, 0.25) is 5.95 Å². The summed E-state index contributed by atoms with van der Waals surface area (Å²) in [5, 5.41) is 3.51. The van der Waals surface area contributed by atoms with Gasteiger partial charge in [-0.3, -0.25) is 0 Å². The van der Waals surface area contributed by atoms with Crippen LogP contribution in [0, 0.1) is 6.92 Å². The summed E-state index contributed by atoms with van der Waals surface area (Å²) in [6, 6.07) is 1.52. The average Bonchev–Trinajstić information content (AvgIpc) is 3.14. The van der Waals surface area contributed by atoms with E-state index in [0.717, 1.165) is 30.8 Å². The molecule has 94 valence electrons. The molecule has 4 heteroatoms. The van der Waals surface area contributed by atoms with Gasteiger partial charge < -0.3 is 14.8 Å². The molecule has 2 fully saturated rings. The van der Waals surface area contributed by atoms with Gasteiger partial charge in [-0.25, -0.2) is 4.98 Å². The van der Waals surface area contributed by atoms with Crippen LogP contribution in [0.1, 0.15) is 31.4 Å². The number of imidazole rings is 1. The number of aryl methyl sites for hydroxylation is 1. The number of likely N-dealkylation sites (N-methyl/N-ethyl adjacent to an activating group) is 1. The quantitative estimate of drug-likeness (QED) is 0.815. The van der Waals surface area contributed by atoms with Gasteiger partial charge in [0.05, 0.1) is 5.69 Å².